The highest BCUT2D eigenvalue weighted by atomic mass is 32.2. The molecular formula is C18H18N2O2S3. The highest BCUT2D eigenvalue weighted by molar-refractivity contribution is 8.18. The average molecular weight is 391 g/mol. The van der Waals surface area contributed by atoms with Crippen molar-refractivity contribution in [2.75, 3.05) is 0 Å². The van der Waals surface area contributed by atoms with Gasteiger partial charge in [0, 0.05) is 0 Å². The van der Waals surface area contributed by atoms with E-state index in [9.17, 15) is 8.42 Å². The summed E-state index contributed by atoms with van der Waals surface area (Å²) in [7, 11) is -3.78. The molecule has 4 nitrogen and oxygen atoms in total. The quantitative estimate of drug-likeness (QED) is 0.720. The number of thiocarbonyl (C=S) groups is 1. The average Bonchev–Trinajstić information content (AvgIpc) is 2.92. The summed E-state index contributed by atoms with van der Waals surface area (Å²) in [6.45, 7) is 3.91. The lowest BCUT2D eigenvalue weighted by molar-refractivity contribution is 0.572. The maximum absolute atomic E-state index is 13.2. The van der Waals surface area contributed by atoms with E-state index in [1.54, 1.807) is 24.3 Å². The maximum atomic E-state index is 13.2. The molecule has 0 radical (unpaired) electrons. The SMILES string of the molecule is CC[C@H]1SC(=Nc2ccccc2)N(S(=O)(=O)c2ccc(C)cc2)C1=S. The van der Waals surface area contributed by atoms with Crippen LogP contribution in [-0.2, 0) is 10.0 Å². The summed E-state index contributed by atoms with van der Waals surface area (Å²) in [4.78, 5) is 5.15. The van der Waals surface area contributed by atoms with Gasteiger partial charge >= 0.3 is 0 Å². The molecule has 1 heterocycles. The summed E-state index contributed by atoms with van der Waals surface area (Å²) in [5, 5.41) is 0.335. The number of aryl methyl sites for hydroxylation is 1. The third kappa shape index (κ3) is 3.63. The van der Waals surface area contributed by atoms with Gasteiger partial charge in [-0.1, -0.05) is 66.8 Å². The molecule has 0 spiro atoms. The van der Waals surface area contributed by atoms with Crippen molar-refractivity contribution in [3.8, 4) is 0 Å². The normalized spacial score (nSPS) is 19.6. The Bertz CT molecular complexity index is 907. The van der Waals surface area contributed by atoms with Gasteiger partial charge in [-0.05, 0) is 37.6 Å². The van der Waals surface area contributed by atoms with Gasteiger partial charge in [-0.2, -0.15) is 0 Å². The van der Waals surface area contributed by atoms with E-state index >= 15 is 0 Å². The van der Waals surface area contributed by atoms with Gasteiger partial charge in [0.1, 0.15) is 4.99 Å². The minimum Gasteiger partial charge on any atom is -0.224 e. The van der Waals surface area contributed by atoms with Gasteiger partial charge in [-0.15, -0.1) is 0 Å². The molecule has 1 fully saturated rings. The molecule has 2 aromatic carbocycles. The monoisotopic (exact) mass is 390 g/mol. The Morgan fingerprint density at radius 1 is 1.12 bits per heavy atom. The number of amidine groups is 1. The predicted octanol–water partition coefficient (Wildman–Crippen LogP) is 4.53. The number of aliphatic imine (C=N–C) groups is 1. The van der Waals surface area contributed by atoms with E-state index in [1.165, 1.54) is 16.1 Å². The molecule has 2 aromatic rings. The smallest absolute Gasteiger partial charge is 0.224 e. The molecule has 1 aliphatic heterocycles. The van der Waals surface area contributed by atoms with E-state index in [1.807, 2.05) is 44.2 Å². The molecule has 3 rings (SSSR count). The van der Waals surface area contributed by atoms with Crippen LogP contribution < -0.4 is 0 Å². The van der Waals surface area contributed by atoms with Crippen molar-refractivity contribution in [1.82, 2.24) is 4.31 Å². The van der Waals surface area contributed by atoms with Crippen molar-refractivity contribution in [2.45, 2.75) is 30.4 Å². The molecule has 7 heteroatoms. The Labute approximate surface area is 158 Å². The lowest BCUT2D eigenvalue weighted by Crippen LogP contribution is -2.36. The number of nitrogens with zero attached hydrogens (tertiary/aromatic N) is 2. The second-order valence-electron chi connectivity index (χ2n) is 5.67. The standard InChI is InChI=1S/C18H18N2O2S3/c1-3-16-17(23)20(18(24-16)19-14-7-5-4-6-8-14)25(21,22)15-11-9-13(2)10-12-15/h4-12,16H,3H2,1-2H3/t16-/m1/s1. The first-order chi connectivity index (χ1) is 11.9. The Hall–Kier alpha value is -1.70. The first-order valence-corrected chi connectivity index (χ1v) is 10.6. The van der Waals surface area contributed by atoms with Crippen LogP contribution in [0.2, 0.25) is 0 Å². The van der Waals surface area contributed by atoms with E-state index in [0.717, 1.165) is 12.0 Å². The van der Waals surface area contributed by atoms with Gasteiger partial charge in [-0.3, -0.25) is 0 Å². The summed E-state index contributed by atoms with van der Waals surface area (Å²) in [6.07, 6.45) is 0.747. The minimum absolute atomic E-state index is 0.0716. The van der Waals surface area contributed by atoms with Crippen LogP contribution in [0.25, 0.3) is 0 Å². The van der Waals surface area contributed by atoms with Crippen LogP contribution in [0, 0.1) is 6.92 Å². The molecular weight excluding hydrogens is 372 g/mol. The van der Waals surface area contributed by atoms with Gasteiger partial charge in [0.2, 0.25) is 0 Å². The summed E-state index contributed by atoms with van der Waals surface area (Å²) >= 11 is 6.88. The van der Waals surface area contributed by atoms with Gasteiger partial charge in [0.05, 0.1) is 15.8 Å². The molecule has 1 aliphatic rings. The Morgan fingerprint density at radius 3 is 2.36 bits per heavy atom. The molecule has 1 saturated heterocycles. The number of hydrogen-bond donors (Lipinski definition) is 0. The number of thioether (sulfide) groups is 1. The van der Waals surface area contributed by atoms with Gasteiger partial charge in [0.25, 0.3) is 10.0 Å². The molecule has 0 aromatic heterocycles. The number of rotatable bonds is 4. The molecule has 0 amide bonds. The topological polar surface area (TPSA) is 49.7 Å². The fourth-order valence-corrected chi connectivity index (χ4v) is 5.95. The number of sulfonamides is 1. The van der Waals surface area contributed by atoms with Crippen LogP contribution in [0.5, 0.6) is 0 Å². The summed E-state index contributed by atoms with van der Waals surface area (Å²) < 4.78 is 27.5. The van der Waals surface area contributed by atoms with Crippen LogP contribution in [0.4, 0.5) is 5.69 Å². The predicted molar refractivity (Wildman–Crippen MR) is 108 cm³/mol. The minimum atomic E-state index is -3.78. The van der Waals surface area contributed by atoms with E-state index in [4.69, 9.17) is 12.2 Å². The zero-order valence-corrected chi connectivity index (χ0v) is 16.4. The zero-order valence-electron chi connectivity index (χ0n) is 13.9. The molecule has 25 heavy (non-hydrogen) atoms. The van der Waals surface area contributed by atoms with Crippen molar-refractivity contribution in [3.05, 3.63) is 60.2 Å². The van der Waals surface area contributed by atoms with E-state index in [-0.39, 0.29) is 10.1 Å². The maximum Gasteiger partial charge on any atom is 0.270 e. The Morgan fingerprint density at radius 2 is 1.76 bits per heavy atom. The van der Waals surface area contributed by atoms with Gasteiger partial charge in [-0.25, -0.2) is 17.7 Å². The van der Waals surface area contributed by atoms with E-state index in [2.05, 4.69) is 4.99 Å². The third-order valence-electron chi connectivity index (χ3n) is 3.81. The lowest BCUT2D eigenvalue weighted by atomic mass is 10.2. The number of para-hydroxylation sites is 1. The molecule has 0 saturated carbocycles. The molecule has 130 valence electrons. The summed E-state index contributed by atoms with van der Waals surface area (Å²) in [6, 6.07) is 16.1. The second kappa shape index (κ2) is 7.27. The number of benzene rings is 2. The molecule has 0 N–H and O–H groups in total. The van der Waals surface area contributed by atoms with Crippen molar-refractivity contribution >= 4 is 49.8 Å². The van der Waals surface area contributed by atoms with E-state index in [0.29, 0.717) is 15.8 Å². The zero-order chi connectivity index (χ0) is 18.0. The highest BCUT2D eigenvalue weighted by Crippen LogP contribution is 2.36. The van der Waals surface area contributed by atoms with Crippen molar-refractivity contribution in [1.29, 1.82) is 0 Å². The fraction of sp³-hybridized carbons (Fsp3) is 0.222. The second-order valence-corrected chi connectivity index (χ2v) is 9.04. The first kappa shape index (κ1) is 18.1. The van der Waals surface area contributed by atoms with Crippen molar-refractivity contribution < 1.29 is 8.42 Å². The van der Waals surface area contributed by atoms with Crippen LogP contribution in [0.1, 0.15) is 18.9 Å². The molecule has 0 unspecified atom stereocenters. The van der Waals surface area contributed by atoms with Crippen LogP contribution >= 0.6 is 24.0 Å². The van der Waals surface area contributed by atoms with Crippen LogP contribution in [0.3, 0.4) is 0 Å². The van der Waals surface area contributed by atoms with Crippen molar-refractivity contribution in [2.24, 2.45) is 4.99 Å². The highest BCUT2D eigenvalue weighted by Gasteiger charge is 2.41. The molecule has 1 atom stereocenters. The third-order valence-corrected chi connectivity index (χ3v) is 7.70. The molecule has 0 aliphatic carbocycles. The van der Waals surface area contributed by atoms with E-state index < -0.39 is 10.0 Å². The number of hydrogen-bond acceptors (Lipinski definition) is 5. The summed E-state index contributed by atoms with van der Waals surface area (Å²) in [5.41, 5.74) is 1.70. The first-order valence-electron chi connectivity index (χ1n) is 7.89. The Kier molecular flexibility index (Phi) is 5.27. The van der Waals surface area contributed by atoms with Crippen LogP contribution in [-0.4, -0.2) is 28.1 Å². The van der Waals surface area contributed by atoms with Gasteiger partial charge in [0.15, 0.2) is 5.17 Å². The van der Waals surface area contributed by atoms with Crippen LogP contribution in [0.15, 0.2) is 64.5 Å². The summed E-state index contributed by atoms with van der Waals surface area (Å²) in [5.74, 6) is 0. The largest absolute Gasteiger partial charge is 0.270 e. The van der Waals surface area contributed by atoms with Gasteiger partial charge < -0.3 is 0 Å². The molecule has 0 bridgehead atoms. The van der Waals surface area contributed by atoms with Crippen molar-refractivity contribution in [3.63, 3.8) is 0 Å². The lowest BCUT2D eigenvalue weighted by Gasteiger charge is -2.19. The Balaban J connectivity index is 2.07. The fourth-order valence-electron chi connectivity index (χ4n) is 2.43.